The highest BCUT2D eigenvalue weighted by molar-refractivity contribution is 6.14. The SMILES string of the molecule is O=C1C=CC(=O)N1/C1=C/CCCCCC1. The summed E-state index contributed by atoms with van der Waals surface area (Å²) in [4.78, 5) is 24.2. The van der Waals surface area contributed by atoms with E-state index in [2.05, 4.69) is 0 Å². The Morgan fingerprint density at radius 3 is 2.33 bits per heavy atom. The van der Waals surface area contributed by atoms with Crippen LogP contribution in [-0.2, 0) is 9.59 Å². The molecule has 0 bridgehead atoms. The van der Waals surface area contributed by atoms with Gasteiger partial charge in [0.2, 0.25) is 0 Å². The van der Waals surface area contributed by atoms with E-state index in [9.17, 15) is 9.59 Å². The van der Waals surface area contributed by atoms with E-state index in [4.69, 9.17) is 0 Å². The largest absolute Gasteiger partial charge is 0.269 e. The van der Waals surface area contributed by atoms with Gasteiger partial charge in [-0.2, -0.15) is 0 Å². The lowest BCUT2D eigenvalue weighted by Gasteiger charge is -2.19. The van der Waals surface area contributed by atoms with E-state index < -0.39 is 0 Å². The van der Waals surface area contributed by atoms with Crippen LogP contribution in [0.25, 0.3) is 0 Å². The minimum Gasteiger partial charge on any atom is -0.269 e. The molecule has 3 nitrogen and oxygen atoms in total. The second kappa shape index (κ2) is 4.43. The van der Waals surface area contributed by atoms with Gasteiger partial charge in [0.15, 0.2) is 0 Å². The van der Waals surface area contributed by atoms with Crippen LogP contribution < -0.4 is 0 Å². The molecule has 0 radical (unpaired) electrons. The summed E-state index contributed by atoms with van der Waals surface area (Å²) < 4.78 is 0. The van der Waals surface area contributed by atoms with Gasteiger partial charge >= 0.3 is 0 Å². The van der Waals surface area contributed by atoms with Crippen molar-refractivity contribution in [3.05, 3.63) is 23.9 Å². The maximum atomic E-state index is 11.5. The molecule has 0 saturated carbocycles. The van der Waals surface area contributed by atoms with Crippen LogP contribution in [0.2, 0.25) is 0 Å². The fraction of sp³-hybridized carbons (Fsp3) is 0.500. The van der Waals surface area contributed by atoms with E-state index in [1.54, 1.807) is 0 Å². The number of hydrogen-bond donors (Lipinski definition) is 0. The molecule has 2 aliphatic rings. The van der Waals surface area contributed by atoms with Crippen molar-refractivity contribution in [1.82, 2.24) is 4.90 Å². The number of nitrogens with zero attached hydrogens (tertiary/aromatic N) is 1. The van der Waals surface area contributed by atoms with Gasteiger partial charge in [-0.3, -0.25) is 9.59 Å². The Morgan fingerprint density at radius 2 is 1.60 bits per heavy atom. The summed E-state index contributed by atoms with van der Waals surface area (Å²) in [6.07, 6.45) is 11.2. The lowest BCUT2D eigenvalue weighted by molar-refractivity contribution is -0.134. The molecule has 0 saturated heterocycles. The van der Waals surface area contributed by atoms with Crippen LogP contribution in [-0.4, -0.2) is 16.7 Å². The summed E-state index contributed by atoms with van der Waals surface area (Å²) in [7, 11) is 0. The molecule has 0 aromatic carbocycles. The molecule has 0 N–H and O–H groups in total. The zero-order valence-corrected chi connectivity index (χ0v) is 8.74. The number of amides is 2. The molecule has 0 aromatic rings. The number of allylic oxidation sites excluding steroid dienone is 2. The normalized spacial score (nSPS) is 26.1. The van der Waals surface area contributed by atoms with Crippen molar-refractivity contribution in [2.45, 2.75) is 38.5 Å². The summed E-state index contributed by atoms with van der Waals surface area (Å²) >= 11 is 0. The summed E-state index contributed by atoms with van der Waals surface area (Å²) in [5.74, 6) is -0.376. The van der Waals surface area contributed by atoms with E-state index in [1.807, 2.05) is 6.08 Å². The average molecular weight is 205 g/mol. The highest BCUT2D eigenvalue weighted by Gasteiger charge is 2.26. The molecule has 2 rings (SSSR count). The molecule has 0 unspecified atom stereocenters. The van der Waals surface area contributed by atoms with Crippen LogP contribution >= 0.6 is 0 Å². The average Bonchev–Trinajstić information content (AvgIpc) is 2.48. The Morgan fingerprint density at radius 1 is 0.933 bits per heavy atom. The summed E-state index contributed by atoms with van der Waals surface area (Å²) in [5.41, 5.74) is 0.898. The number of carbonyl (C=O) groups excluding carboxylic acids is 2. The number of hydrogen-bond acceptors (Lipinski definition) is 2. The number of rotatable bonds is 1. The van der Waals surface area contributed by atoms with Crippen molar-refractivity contribution in [2.24, 2.45) is 0 Å². The lowest BCUT2D eigenvalue weighted by Crippen LogP contribution is -2.29. The van der Waals surface area contributed by atoms with Crippen LogP contribution in [0.15, 0.2) is 23.9 Å². The zero-order chi connectivity index (χ0) is 10.7. The molecule has 1 heterocycles. The second-order valence-electron chi connectivity index (χ2n) is 3.99. The monoisotopic (exact) mass is 205 g/mol. The predicted molar refractivity (Wildman–Crippen MR) is 56.8 cm³/mol. The van der Waals surface area contributed by atoms with Gasteiger partial charge in [0.25, 0.3) is 11.8 Å². The van der Waals surface area contributed by atoms with Crippen molar-refractivity contribution in [3.63, 3.8) is 0 Å². The van der Waals surface area contributed by atoms with Gasteiger partial charge in [-0.05, 0) is 25.7 Å². The van der Waals surface area contributed by atoms with Crippen LogP contribution in [0, 0.1) is 0 Å². The maximum Gasteiger partial charge on any atom is 0.257 e. The molecule has 2 amide bonds. The molecule has 1 aliphatic carbocycles. The first-order valence-electron chi connectivity index (χ1n) is 5.54. The molecular formula is C12H15NO2. The van der Waals surface area contributed by atoms with Crippen molar-refractivity contribution in [1.29, 1.82) is 0 Å². The highest BCUT2D eigenvalue weighted by atomic mass is 16.2. The standard InChI is InChI=1S/C12H15NO2/c14-11-8-9-12(15)13(11)10-6-4-2-1-3-5-7-10/h6,8-9H,1-5,7H2/b10-6+. The molecular weight excluding hydrogens is 190 g/mol. The van der Waals surface area contributed by atoms with Crippen molar-refractivity contribution in [3.8, 4) is 0 Å². The Labute approximate surface area is 89.4 Å². The molecule has 0 atom stereocenters. The van der Waals surface area contributed by atoms with Gasteiger partial charge in [0, 0.05) is 17.8 Å². The molecule has 15 heavy (non-hydrogen) atoms. The van der Waals surface area contributed by atoms with E-state index >= 15 is 0 Å². The maximum absolute atomic E-state index is 11.5. The molecule has 0 spiro atoms. The van der Waals surface area contributed by atoms with Crippen LogP contribution in [0.4, 0.5) is 0 Å². The first-order chi connectivity index (χ1) is 7.29. The summed E-state index contributed by atoms with van der Waals surface area (Å²) in [5, 5.41) is 0. The fourth-order valence-electron chi connectivity index (χ4n) is 2.06. The van der Waals surface area contributed by atoms with Gasteiger partial charge in [0.05, 0.1) is 0 Å². The van der Waals surface area contributed by atoms with Crippen LogP contribution in [0.5, 0.6) is 0 Å². The van der Waals surface area contributed by atoms with Gasteiger partial charge in [-0.15, -0.1) is 0 Å². The van der Waals surface area contributed by atoms with E-state index in [0.29, 0.717) is 0 Å². The molecule has 0 fully saturated rings. The van der Waals surface area contributed by atoms with E-state index in [0.717, 1.165) is 31.4 Å². The predicted octanol–water partition coefficient (Wildman–Crippen LogP) is 2.15. The Balaban J connectivity index is 2.14. The van der Waals surface area contributed by atoms with Crippen LogP contribution in [0.1, 0.15) is 38.5 Å². The Hall–Kier alpha value is -1.38. The third kappa shape index (κ3) is 2.17. The smallest absolute Gasteiger partial charge is 0.257 e. The third-order valence-electron chi connectivity index (χ3n) is 2.86. The topological polar surface area (TPSA) is 37.4 Å². The minimum atomic E-state index is -0.188. The number of carbonyl (C=O) groups is 2. The van der Waals surface area contributed by atoms with Gasteiger partial charge in [0.1, 0.15) is 0 Å². The second-order valence-corrected chi connectivity index (χ2v) is 3.99. The summed E-state index contributed by atoms with van der Waals surface area (Å²) in [6, 6.07) is 0. The van der Waals surface area contributed by atoms with Crippen molar-refractivity contribution >= 4 is 11.8 Å². The van der Waals surface area contributed by atoms with Crippen molar-refractivity contribution < 1.29 is 9.59 Å². The first-order valence-corrected chi connectivity index (χ1v) is 5.54. The molecule has 0 aromatic heterocycles. The molecule has 80 valence electrons. The Bertz CT molecular complexity index is 324. The summed E-state index contributed by atoms with van der Waals surface area (Å²) in [6.45, 7) is 0. The highest BCUT2D eigenvalue weighted by Crippen LogP contribution is 2.22. The lowest BCUT2D eigenvalue weighted by atomic mass is 10.0. The van der Waals surface area contributed by atoms with Gasteiger partial charge in [-0.1, -0.05) is 18.9 Å². The third-order valence-corrected chi connectivity index (χ3v) is 2.86. The molecule has 1 aliphatic heterocycles. The fourth-order valence-corrected chi connectivity index (χ4v) is 2.06. The van der Waals surface area contributed by atoms with Gasteiger partial charge < -0.3 is 0 Å². The Kier molecular flexibility index (Phi) is 2.99. The molecule has 3 heteroatoms. The zero-order valence-electron chi connectivity index (χ0n) is 8.74. The first kappa shape index (κ1) is 10.1. The minimum absolute atomic E-state index is 0.188. The number of imide groups is 1. The van der Waals surface area contributed by atoms with Gasteiger partial charge in [-0.25, -0.2) is 4.90 Å². The van der Waals surface area contributed by atoms with E-state index in [1.165, 1.54) is 29.9 Å². The van der Waals surface area contributed by atoms with Crippen LogP contribution in [0.3, 0.4) is 0 Å². The van der Waals surface area contributed by atoms with E-state index in [-0.39, 0.29) is 11.8 Å². The quantitative estimate of drug-likeness (QED) is 0.615. The van der Waals surface area contributed by atoms with Crippen molar-refractivity contribution in [2.75, 3.05) is 0 Å².